The van der Waals surface area contributed by atoms with Gasteiger partial charge >= 0.3 is 0 Å². The van der Waals surface area contributed by atoms with Crippen LogP contribution in [-0.4, -0.2) is 87.3 Å². The summed E-state index contributed by atoms with van der Waals surface area (Å²) in [6, 6.07) is 6.44. The van der Waals surface area contributed by atoms with Crippen LogP contribution in [-0.2, 0) is 6.54 Å². The highest BCUT2D eigenvalue weighted by Gasteiger charge is 2.19. The van der Waals surface area contributed by atoms with Crippen molar-refractivity contribution < 1.29 is 0 Å². The molecule has 0 aliphatic carbocycles. The molecular weight excluding hydrogens is 438 g/mol. The highest BCUT2D eigenvalue weighted by Crippen LogP contribution is 2.34. The topological polar surface area (TPSA) is 92.9 Å². The first kappa shape index (κ1) is 21.7. The molecule has 1 fully saturated rings. The summed E-state index contributed by atoms with van der Waals surface area (Å²) in [6.45, 7) is 4.94. The van der Waals surface area contributed by atoms with Crippen LogP contribution in [0, 0.1) is 0 Å². The number of nitrogens with one attached hydrogen (secondary N) is 2. The third-order valence-electron chi connectivity index (χ3n) is 6.66. The van der Waals surface area contributed by atoms with E-state index in [2.05, 4.69) is 84.2 Å². The summed E-state index contributed by atoms with van der Waals surface area (Å²) >= 11 is 0. The lowest BCUT2D eigenvalue weighted by Gasteiger charge is -2.34. The molecule has 6 heterocycles. The van der Waals surface area contributed by atoms with E-state index in [0.29, 0.717) is 0 Å². The molecule has 1 aliphatic rings. The van der Waals surface area contributed by atoms with E-state index in [1.54, 1.807) is 0 Å². The molecule has 9 nitrogen and oxygen atoms in total. The van der Waals surface area contributed by atoms with Gasteiger partial charge in [0.05, 0.1) is 46.7 Å². The lowest BCUT2D eigenvalue weighted by atomic mass is 10.1. The second kappa shape index (κ2) is 8.75. The van der Waals surface area contributed by atoms with Crippen LogP contribution >= 0.6 is 0 Å². The minimum absolute atomic E-state index is 0.832. The molecule has 1 aliphatic heterocycles. The SMILES string of the molecule is CN(C)Cc1cncc(-c2cc3c(-c4cc5c(N6CCN(C)CC6)cncc5[nH]4)n[nH]c3cn2)c1. The van der Waals surface area contributed by atoms with E-state index < -0.39 is 0 Å². The number of likely N-dealkylation sites (N-methyl/N-ethyl adjacent to an activating group) is 1. The monoisotopic (exact) mass is 467 g/mol. The summed E-state index contributed by atoms with van der Waals surface area (Å²) in [5, 5.41) is 9.98. The van der Waals surface area contributed by atoms with Gasteiger partial charge in [-0.05, 0) is 44.9 Å². The van der Waals surface area contributed by atoms with Crippen LogP contribution in [0.4, 0.5) is 5.69 Å². The summed E-state index contributed by atoms with van der Waals surface area (Å²) in [5.74, 6) is 0. The molecular formula is C26H29N9. The molecule has 0 atom stereocenters. The molecule has 1 saturated heterocycles. The van der Waals surface area contributed by atoms with Crippen LogP contribution in [0.1, 0.15) is 5.56 Å². The number of aromatic amines is 2. The third-order valence-corrected chi connectivity index (χ3v) is 6.66. The fourth-order valence-electron chi connectivity index (χ4n) is 4.82. The first-order valence-corrected chi connectivity index (χ1v) is 11.9. The molecule has 0 bridgehead atoms. The van der Waals surface area contributed by atoms with Gasteiger partial charge in [0.15, 0.2) is 0 Å². The molecule has 5 aromatic heterocycles. The Labute approximate surface area is 203 Å². The standard InChI is InChI=1S/C26H29N9/c1-33(2)16-17-8-18(12-27-11-17)21-10-20-24(14-29-21)31-32-26(20)22-9-19-23(30-22)13-28-15-25(19)35-6-4-34(3)5-7-35/h8-15,30H,4-7,16H2,1-3H3,(H,31,32). The summed E-state index contributed by atoms with van der Waals surface area (Å²) in [4.78, 5) is 24.1. The van der Waals surface area contributed by atoms with Gasteiger partial charge in [0.2, 0.25) is 0 Å². The summed E-state index contributed by atoms with van der Waals surface area (Å²) in [5.41, 5.74) is 7.96. The lowest BCUT2D eigenvalue weighted by molar-refractivity contribution is 0.313. The molecule has 0 spiro atoms. The van der Waals surface area contributed by atoms with Crippen molar-refractivity contribution in [3.05, 3.63) is 54.7 Å². The number of hydrogen-bond acceptors (Lipinski definition) is 7. The summed E-state index contributed by atoms with van der Waals surface area (Å²) in [7, 11) is 6.28. The smallest absolute Gasteiger partial charge is 0.116 e. The van der Waals surface area contributed by atoms with Gasteiger partial charge < -0.3 is 19.7 Å². The van der Waals surface area contributed by atoms with Gasteiger partial charge in [0.25, 0.3) is 0 Å². The molecule has 35 heavy (non-hydrogen) atoms. The number of piperazine rings is 1. The average Bonchev–Trinajstić information content (AvgIpc) is 3.48. The second-order valence-electron chi connectivity index (χ2n) is 9.60. The maximum absolute atomic E-state index is 4.67. The molecule has 0 unspecified atom stereocenters. The van der Waals surface area contributed by atoms with Crippen molar-refractivity contribution in [3.8, 4) is 22.6 Å². The Balaban J connectivity index is 1.39. The number of fused-ring (bicyclic) bond motifs is 2. The van der Waals surface area contributed by atoms with E-state index in [9.17, 15) is 0 Å². The molecule has 0 amide bonds. The largest absolute Gasteiger partial charge is 0.367 e. The molecule has 2 N–H and O–H groups in total. The molecule has 0 aromatic carbocycles. The summed E-state index contributed by atoms with van der Waals surface area (Å²) < 4.78 is 0. The third kappa shape index (κ3) is 4.13. The van der Waals surface area contributed by atoms with Gasteiger partial charge in [-0.2, -0.15) is 5.10 Å². The van der Waals surface area contributed by atoms with E-state index >= 15 is 0 Å². The average molecular weight is 468 g/mol. The highest BCUT2D eigenvalue weighted by atomic mass is 15.3. The molecule has 178 valence electrons. The van der Waals surface area contributed by atoms with Crippen molar-refractivity contribution in [1.29, 1.82) is 0 Å². The maximum Gasteiger partial charge on any atom is 0.116 e. The number of aromatic nitrogens is 6. The lowest BCUT2D eigenvalue weighted by Crippen LogP contribution is -2.44. The summed E-state index contributed by atoms with van der Waals surface area (Å²) in [6.07, 6.45) is 9.48. The number of hydrogen-bond donors (Lipinski definition) is 2. The fraction of sp³-hybridized carbons (Fsp3) is 0.308. The maximum atomic E-state index is 4.67. The number of anilines is 1. The normalized spacial score (nSPS) is 15.0. The quantitative estimate of drug-likeness (QED) is 0.409. The predicted octanol–water partition coefficient (Wildman–Crippen LogP) is 3.38. The van der Waals surface area contributed by atoms with E-state index in [1.165, 1.54) is 11.1 Å². The first-order valence-electron chi connectivity index (χ1n) is 11.9. The van der Waals surface area contributed by atoms with Gasteiger partial charge in [0.1, 0.15) is 5.69 Å². The van der Waals surface area contributed by atoms with E-state index in [-0.39, 0.29) is 0 Å². The van der Waals surface area contributed by atoms with Gasteiger partial charge in [0, 0.05) is 61.5 Å². The van der Waals surface area contributed by atoms with E-state index in [1.807, 2.05) is 31.0 Å². The van der Waals surface area contributed by atoms with E-state index in [0.717, 1.165) is 77.4 Å². The predicted molar refractivity (Wildman–Crippen MR) is 139 cm³/mol. The van der Waals surface area contributed by atoms with Gasteiger partial charge in [-0.25, -0.2) is 0 Å². The van der Waals surface area contributed by atoms with Crippen LogP contribution in [0.3, 0.4) is 0 Å². The number of rotatable bonds is 5. The zero-order valence-electron chi connectivity index (χ0n) is 20.3. The van der Waals surface area contributed by atoms with E-state index in [4.69, 9.17) is 0 Å². The van der Waals surface area contributed by atoms with Crippen molar-refractivity contribution >= 4 is 27.5 Å². The van der Waals surface area contributed by atoms with Crippen molar-refractivity contribution in [2.75, 3.05) is 52.2 Å². The van der Waals surface area contributed by atoms with Crippen LogP contribution in [0.5, 0.6) is 0 Å². The molecule has 6 rings (SSSR count). The Bertz CT molecular complexity index is 1490. The number of H-pyrrole nitrogens is 2. The molecule has 0 saturated carbocycles. The van der Waals surface area contributed by atoms with Crippen LogP contribution in [0.2, 0.25) is 0 Å². The number of pyridine rings is 3. The first-order chi connectivity index (χ1) is 17.0. The van der Waals surface area contributed by atoms with Crippen molar-refractivity contribution in [1.82, 2.24) is 39.9 Å². The fourth-order valence-corrected chi connectivity index (χ4v) is 4.82. The van der Waals surface area contributed by atoms with Gasteiger partial charge in [-0.3, -0.25) is 20.1 Å². The number of nitrogens with zero attached hydrogens (tertiary/aromatic N) is 7. The van der Waals surface area contributed by atoms with Crippen LogP contribution in [0.15, 0.2) is 49.2 Å². The van der Waals surface area contributed by atoms with Gasteiger partial charge in [-0.15, -0.1) is 0 Å². The second-order valence-corrected chi connectivity index (χ2v) is 9.60. The van der Waals surface area contributed by atoms with Crippen molar-refractivity contribution in [3.63, 3.8) is 0 Å². The van der Waals surface area contributed by atoms with Crippen LogP contribution < -0.4 is 4.90 Å². The molecule has 5 aromatic rings. The Morgan fingerprint density at radius 2 is 1.71 bits per heavy atom. The highest BCUT2D eigenvalue weighted by molar-refractivity contribution is 6.00. The van der Waals surface area contributed by atoms with Crippen molar-refractivity contribution in [2.45, 2.75) is 6.54 Å². The Morgan fingerprint density at radius 1 is 0.886 bits per heavy atom. The Kier molecular flexibility index (Phi) is 5.43. The van der Waals surface area contributed by atoms with Crippen LogP contribution in [0.25, 0.3) is 44.5 Å². The Morgan fingerprint density at radius 3 is 2.54 bits per heavy atom. The Hall–Kier alpha value is -3.82. The minimum atomic E-state index is 0.832. The zero-order chi connectivity index (χ0) is 23.9. The molecule has 9 heteroatoms. The van der Waals surface area contributed by atoms with Gasteiger partial charge in [-0.1, -0.05) is 0 Å². The van der Waals surface area contributed by atoms with Crippen molar-refractivity contribution in [2.24, 2.45) is 0 Å². The minimum Gasteiger partial charge on any atom is -0.367 e. The molecule has 0 radical (unpaired) electrons. The zero-order valence-corrected chi connectivity index (χ0v) is 20.3.